The molecule has 1 aliphatic heterocycles. The number of anilines is 1. The van der Waals surface area contributed by atoms with Crippen molar-refractivity contribution in [2.75, 3.05) is 25.6 Å². The molecule has 0 aliphatic carbocycles. The third-order valence-electron chi connectivity index (χ3n) is 5.92. The number of nitrogens with one attached hydrogen (secondary N) is 1. The third-order valence-corrected chi connectivity index (χ3v) is 5.92. The van der Waals surface area contributed by atoms with Crippen molar-refractivity contribution in [3.05, 3.63) is 77.1 Å². The lowest BCUT2D eigenvalue weighted by Gasteiger charge is -2.18. The summed E-state index contributed by atoms with van der Waals surface area (Å²) in [6, 6.07) is 15.7. The van der Waals surface area contributed by atoms with E-state index in [2.05, 4.69) is 5.32 Å². The monoisotopic (exact) mass is 476 g/mol. The number of ketones is 1. The Kier molecular flexibility index (Phi) is 7.19. The highest BCUT2D eigenvalue weighted by molar-refractivity contribution is 6.08. The number of methoxy groups -OCH3 is 1. The fourth-order valence-corrected chi connectivity index (χ4v) is 4.35. The summed E-state index contributed by atoms with van der Waals surface area (Å²) in [5.41, 5.74) is 2.50. The molecule has 0 bridgehead atoms. The number of rotatable bonds is 9. The predicted molar refractivity (Wildman–Crippen MR) is 130 cm³/mol. The number of ether oxygens (including phenoxy) is 3. The second-order valence-electron chi connectivity index (χ2n) is 8.03. The van der Waals surface area contributed by atoms with Crippen molar-refractivity contribution >= 4 is 23.3 Å². The third kappa shape index (κ3) is 4.77. The van der Waals surface area contributed by atoms with Crippen LogP contribution in [0.2, 0.25) is 0 Å². The van der Waals surface area contributed by atoms with Crippen LogP contribution in [0, 0.1) is 0 Å². The Balaban J connectivity index is 1.63. The van der Waals surface area contributed by atoms with E-state index in [0.29, 0.717) is 54.6 Å². The minimum atomic E-state index is -0.552. The van der Waals surface area contributed by atoms with Crippen molar-refractivity contribution in [2.45, 2.75) is 32.7 Å². The Morgan fingerprint density at radius 1 is 0.971 bits per heavy atom. The van der Waals surface area contributed by atoms with Gasteiger partial charge in [-0.05, 0) is 44.5 Å². The number of carbonyl (C=O) groups is 3. The lowest BCUT2D eigenvalue weighted by Crippen LogP contribution is -2.20. The van der Waals surface area contributed by atoms with Crippen molar-refractivity contribution in [1.29, 1.82) is 0 Å². The lowest BCUT2D eigenvalue weighted by molar-refractivity contribution is -0.117. The number of benzene rings is 2. The summed E-state index contributed by atoms with van der Waals surface area (Å²) in [6.45, 7) is 4.90. The Morgan fingerprint density at radius 3 is 2.40 bits per heavy atom. The molecule has 0 unspecified atom stereocenters. The second kappa shape index (κ2) is 10.5. The molecule has 0 fully saturated rings. The maximum Gasteiger partial charge on any atom is 0.338 e. The van der Waals surface area contributed by atoms with Crippen LogP contribution < -0.4 is 14.8 Å². The molecule has 1 N–H and O–H groups in total. The Bertz CT molecular complexity index is 1250. The van der Waals surface area contributed by atoms with Crippen LogP contribution in [0.5, 0.6) is 11.5 Å². The molecule has 1 atom stereocenters. The van der Waals surface area contributed by atoms with Gasteiger partial charge in [0.15, 0.2) is 11.5 Å². The van der Waals surface area contributed by atoms with Gasteiger partial charge in [0.2, 0.25) is 11.7 Å². The van der Waals surface area contributed by atoms with Gasteiger partial charge in [0, 0.05) is 17.8 Å². The minimum absolute atomic E-state index is 0.0799. The number of hydrogen-bond acceptors (Lipinski definition) is 6. The van der Waals surface area contributed by atoms with Gasteiger partial charge >= 0.3 is 5.97 Å². The molecule has 0 radical (unpaired) electrons. The van der Waals surface area contributed by atoms with Crippen molar-refractivity contribution in [2.24, 2.45) is 0 Å². The molecule has 1 aliphatic rings. The molecular formula is C27H28N2O6. The minimum Gasteiger partial charge on any atom is -0.490 e. The highest BCUT2D eigenvalue weighted by Crippen LogP contribution is 2.39. The van der Waals surface area contributed by atoms with E-state index in [0.717, 1.165) is 5.69 Å². The first kappa shape index (κ1) is 24.1. The molecule has 0 spiro atoms. The molecule has 0 saturated heterocycles. The van der Waals surface area contributed by atoms with Gasteiger partial charge in [0.25, 0.3) is 0 Å². The summed E-state index contributed by atoms with van der Waals surface area (Å²) >= 11 is 0. The number of carbonyl (C=O) groups excluding carboxylic acids is 3. The lowest BCUT2D eigenvalue weighted by atomic mass is 10.0. The van der Waals surface area contributed by atoms with Gasteiger partial charge in [-0.3, -0.25) is 9.59 Å². The smallest absolute Gasteiger partial charge is 0.338 e. The molecule has 2 aromatic carbocycles. The predicted octanol–water partition coefficient (Wildman–Crippen LogP) is 4.43. The summed E-state index contributed by atoms with van der Waals surface area (Å²) in [4.78, 5) is 38.6. The largest absolute Gasteiger partial charge is 0.490 e. The quantitative estimate of drug-likeness (QED) is 0.363. The molecule has 3 aromatic rings. The Morgan fingerprint density at radius 2 is 1.71 bits per heavy atom. The topological polar surface area (TPSA) is 95.9 Å². The van der Waals surface area contributed by atoms with Gasteiger partial charge < -0.3 is 24.1 Å². The first-order chi connectivity index (χ1) is 17.0. The van der Waals surface area contributed by atoms with E-state index >= 15 is 0 Å². The maximum atomic E-state index is 13.4. The van der Waals surface area contributed by atoms with Crippen molar-refractivity contribution in [3.63, 3.8) is 0 Å². The standard InChI is InChI=1S/C27H28N2O6/c1-4-34-23-16-18(27(32)33-3)15-20(25(23)35-5-2)28-26(31)19-13-14-29-21(19)11-12-22(29)24(30)17-9-7-6-8-10-17/h6-12,15-16,19H,4-5,13-14H2,1-3H3,(H,28,31)/t19-/m1/s1. The molecular weight excluding hydrogens is 448 g/mol. The van der Waals surface area contributed by atoms with Crippen LogP contribution in [0.1, 0.15) is 58.3 Å². The van der Waals surface area contributed by atoms with Crippen LogP contribution in [0.15, 0.2) is 54.6 Å². The van der Waals surface area contributed by atoms with E-state index in [1.165, 1.54) is 19.2 Å². The van der Waals surface area contributed by atoms with Gasteiger partial charge in [-0.15, -0.1) is 0 Å². The number of nitrogens with zero attached hydrogens (tertiary/aromatic N) is 1. The molecule has 1 amide bonds. The first-order valence-electron chi connectivity index (χ1n) is 11.6. The van der Waals surface area contributed by atoms with Crippen LogP contribution in [-0.4, -0.2) is 42.6 Å². The van der Waals surface area contributed by atoms with E-state index in [4.69, 9.17) is 14.2 Å². The SMILES string of the molecule is CCOc1cc(C(=O)OC)cc(NC(=O)[C@@H]2CCn3c(C(=O)c4ccccc4)ccc32)c1OCC. The maximum absolute atomic E-state index is 13.4. The van der Waals surface area contributed by atoms with Crippen LogP contribution in [0.25, 0.3) is 0 Å². The number of esters is 1. The van der Waals surface area contributed by atoms with Crippen molar-refractivity contribution < 1.29 is 28.6 Å². The van der Waals surface area contributed by atoms with Gasteiger partial charge in [0.1, 0.15) is 0 Å². The van der Waals surface area contributed by atoms with Gasteiger partial charge in [0.05, 0.1) is 43.2 Å². The fraction of sp³-hybridized carbons (Fsp3) is 0.296. The Hall–Kier alpha value is -4.07. The first-order valence-corrected chi connectivity index (χ1v) is 11.6. The van der Waals surface area contributed by atoms with E-state index < -0.39 is 11.9 Å². The van der Waals surface area contributed by atoms with E-state index in [-0.39, 0.29) is 17.3 Å². The summed E-state index contributed by atoms with van der Waals surface area (Å²) < 4.78 is 18.2. The fourth-order valence-electron chi connectivity index (χ4n) is 4.35. The zero-order valence-electron chi connectivity index (χ0n) is 20.0. The summed E-state index contributed by atoms with van der Waals surface area (Å²) in [7, 11) is 1.29. The van der Waals surface area contributed by atoms with Crippen molar-refractivity contribution in [1.82, 2.24) is 4.57 Å². The average Bonchev–Trinajstić information content (AvgIpc) is 3.48. The zero-order chi connectivity index (χ0) is 24.9. The highest BCUT2D eigenvalue weighted by atomic mass is 16.5. The second-order valence-corrected chi connectivity index (χ2v) is 8.03. The van der Waals surface area contributed by atoms with E-state index in [9.17, 15) is 14.4 Å². The van der Waals surface area contributed by atoms with Crippen molar-refractivity contribution in [3.8, 4) is 11.5 Å². The van der Waals surface area contributed by atoms with Crippen LogP contribution >= 0.6 is 0 Å². The Labute approximate surface area is 203 Å². The number of fused-ring (bicyclic) bond motifs is 1. The van der Waals surface area contributed by atoms with Crippen LogP contribution in [-0.2, 0) is 16.1 Å². The summed E-state index contributed by atoms with van der Waals surface area (Å²) in [5.74, 6) is -0.654. The molecule has 8 heteroatoms. The van der Waals surface area contributed by atoms with Crippen LogP contribution in [0.4, 0.5) is 5.69 Å². The van der Waals surface area contributed by atoms with Gasteiger partial charge in [-0.25, -0.2) is 4.79 Å². The molecule has 8 nitrogen and oxygen atoms in total. The van der Waals surface area contributed by atoms with E-state index in [1.54, 1.807) is 18.2 Å². The van der Waals surface area contributed by atoms with Gasteiger partial charge in [-0.2, -0.15) is 0 Å². The summed E-state index contributed by atoms with van der Waals surface area (Å²) in [5, 5.41) is 2.92. The highest BCUT2D eigenvalue weighted by Gasteiger charge is 2.33. The molecule has 35 heavy (non-hydrogen) atoms. The number of hydrogen-bond donors (Lipinski definition) is 1. The molecule has 2 heterocycles. The molecule has 0 saturated carbocycles. The molecule has 4 rings (SSSR count). The average molecular weight is 477 g/mol. The van der Waals surface area contributed by atoms with Gasteiger partial charge in [-0.1, -0.05) is 30.3 Å². The summed E-state index contributed by atoms with van der Waals surface area (Å²) in [6.07, 6.45) is 0.552. The number of amides is 1. The van der Waals surface area contributed by atoms with E-state index in [1.807, 2.05) is 42.7 Å². The normalized spacial score (nSPS) is 14.2. The molecule has 182 valence electrons. The number of aromatic nitrogens is 1. The van der Waals surface area contributed by atoms with Crippen LogP contribution in [0.3, 0.4) is 0 Å². The molecule has 1 aromatic heterocycles. The zero-order valence-corrected chi connectivity index (χ0v) is 20.0.